The second-order valence-electron chi connectivity index (χ2n) is 6.46. The third kappa shape index (κ3) is 1.79. The largest absolute Gasteiger partial charge is 0.317 e. The second kappa shape index (κ2) is 4.30. The van der Waals surface area contributed by atoms with E-state index in [9.17, 15) is 4.79 Å². The van der Waals surface area contributed by atoms with Crippen molar-refractivity contribution in [2.45, 2.75) is 37.0 Å². The van der Waals surface area contributed by atoms with Crippen molar-refractivity contribution in [3.05, 3.63) is 35.9 Å². The van der Waals surface area contributed by atoms with Crippen LogP contribution in [-0.4, -0.2) is 47.4 Å². The smallest absolute Gasteiger partial charge is 0.244 e. The first-order valence-electron chi connectivity index (χ1n) is 7.54. The molecule has 1 aromatic rings. The molecule has 1 amide bonds. The Labute approximate surface area is 119 Å². The average molecular weight is 271 g/mol. The first-order chi connectivity index (χ1) is 9.70. The standard InChI is InChI=1S/C16H21N3O/c1-18-10-7-13(11-18)19-14(12-5-3-2-4-6-12)17-16(8-9-16)15(19)20/h2-6,13-14,17H,7-11H2,1H3. The van der Waals surface area contributed by atoms with E-state index < -0.39 is 0 Å². The molecular formula is C16H21N3O. The summed E-state index contributed by atoms with van der Waals surface area (Å²) < 4.78 is 0. The van der Waals surface area contributed by atoms with Gasteiger partial charge in [0, 0.05) is 12.6 Å². The normalized spacial score (nSPS) is 32.2. The summed E-state index contributed by atoms with van der Waals surface area (Å²) in [6.07, 6.45) is 3.13. The number of nitrogens with one attached hydrogen (secondary N) is 1. The minimum absolute atomic E-state index is 0.0581. The van der Waals surface area contributed by atoms with Gasteiger partial charge < -0.3 is 9.80 Å². The Hall–Kier alpha value is -1.39. The molecular weight excluding hydrogens is 250 g/mol. The zero-order chi connectivity index (χ0) is 13.7. The molecule has 2 aliphatic heterocycles. The number of hydrogen-bond acceptors (Lipinski definition) is 3. The number of carbonyl (C=O) groups is 1. The van der Waals surface area contributed by atoms with Crippen molar-refractivity contribution in [2.24, 2.45) is 0 Å². The fraction of sp³-hybridized carbons (Fsp3) is 0.562. The van der Waals surface area contributed by atoms with Crippen LogP contribution in [0.1, 0.15) is 31.0 Å². The van der Waals surface area contributed by atoms with Gasteiger partial charge in [0.25, 0.3) is 0 Å². The molecule has 4 rings (SSSR count). The van der Waals surface area contributed by atoms with Crippen LogP contribution < -0.4 is 5.32 Å². The van der Waals surface area contributed by atoms with Crippen molar-refractivity contribution < 1.29 is 4.79 Å². The van der Waals surface area contributed by atoms with Gasteiger partial charge in [0.15, 0.2) is 0 Å². The molecule has 1 aliphatic carbocycles. The first kappa shape index (κ1) is 12.4. The molecule has 1 aromatic carbocycles. The predicted octanol–water partition coefficient (Wildman–Crippen LogP) is 1.35. The van der Waals surface area contributed by atoms with Crippen LogP contribution in [0.3, 0.4) is 0 Å². The van der Waals surface area contributed by atoms with Gasteiger partial charge in [0.2, 0.25) is 5.91 Å². The average Bonchev–Trinajstić information content (AvgIpc) is 3.04. The van der Waals surface area contributed by atoms with Crippen LogP contribution in [0.5, 0.6) is 0 Å². The lowest BCUT2D eigenvalue weighted by Crippen LogP contribution is -2.41. The Morgan fingerprint density at radius 1 is 1.25 bits per heavy atom. The predicted molar refractivity (Wildman–Crippen MR) is 77.0 cm³/mol. The van der Waals surface area contributed by atoms with Crippen molar-refractivity contribution in [1.29, 1.82) is 0 Å². The van der Waals surface area contributed by atoms with Crippen LogP contribution in [0.4, 0.5) is 0 Å². The lowest BCUT2D eigenvalue weighted by molar-refractivity contribution is -0.132. The number of rotatable bonds is 2. The molecule has 106 valence electrons. The van der Waals surface area contributed by atoms with Crippen LogP contribution in [0, 0.1) is 0 Å². The highest BCUT2D eigenvalue weighted by atomic mass is 16.2. The zero-order valence-corrected chi connectivity index (χ0v) is 11.9. The molecule has 2 unspecified atom stereocenters. The van der Waals surface area contributed by atoms with Gasteiger partial charge in [0.05, 0.1) is 0 Å². The summed E-state index contributed by atoms with van der Waals surface area (Å²) in [5.74, 6) is 0.326. The highest BCUT2D eigenvalue weighted by Crippen LogP contribution is 2.47. The third-order valence-electron chi connectivity index (χ3n) is 4.96. The minimum Gasteiger partial charge on any atom is -0.317 e. The molecule has 20 heavy (non-hydrogen) atoms. The highest BCUT2D eigenvalue weighted by molar-refractivity contribution is 5.92. The number of amides is 1. The monoisotopic (exact) mass is 271 g/mol. The van der Waals surface area contributed by atoms with E-state index in [1.54, 1.807) is 0 Å². The summed E-state index contributed by atoms with van der Waals surface area (Å²) in [6, 6.07) is 10.7. The summed E-state index contributed by atoms with van der Waals surface area (Å²) in [5.41, 5.74) is 0.973. The fourth-order valence-electron chi connectivity index (χ4n) is 3.64. The lowest BCUT2D eigenvalue weighted by atomic mass is 10.1. The Morgan fingerprint density at radius 2 is 2.00 bits per heavy atom. The van der Waals surface area contributed by atoms with Crippen LogP contribution in [-0.2, 0) is 4.79 Å². The van der Waals surface area contributed by atoms with E-state index in [0.717, 1.165) is 32.4 Å². The van der Waals surface area contributed by atoms with Crippen LogP contribution in [0.15, 0.2) is 30.3 Å². The zero-order valence-electron chi connectivity index (χ0n) is 11.9. The van der Waals surface area contributed by atoms with Crippen molar-refractivity contribution in [3.8, 4) is 0 Å². The number of likely N-dealkylation sites (N-methyl/N-ethyl adjacent to an activating group) is 1. The van der Waals surface area contributed by atoms with Gasteiger partial charge in [-0.05, 0) is 38.4 Å². The maximum absolute atomic E-state index is 12.8. The number of benzene rings is 1. The van der Waals surface area contributed by atoms with E-state index in [1.807, 2.05) is 6.07 Å². The molecule has 3 aliphatic rings. The maximum atomic E-state index is 12.8. The van der Waals surface area contributed by atoms with E-state index in [-0.39, 0.29) is 11.7 Å². The molecule has 1 spiro atoms. The second-order valence-corrected chi connectivity index (χ2v) is 6.46. The first-order valence-corrected chi connectivity index (χ1v) is 7.54. The molecule has 2 heterocycles. The van der Waals surface area contributed by atoms with Crippen molar-refractivity contribution in [3.63, 3.8) is 0 Å². The summed E-state index contributed by atoms with van der Waals surface area (Å²) >= 11 is 0. The molecule has 2 atom stereocenters. The third-order valence-corrected chi connectivity index (χ3v) is 4.96. The lowest BCUT2D eigenvalue weighted by Gasteiger charge is -2.30. The van der Waals surface area contributed by atoms with Crippen LogP contribution in [0.25, 0.3) is 0 Å². The maximum Gasteiger partial charge on any atom is 0.244 e. The quantitative estimate of drug-likeness (QED) is 0.882. The fourth-order valence-corrected chi connectivity index (χ4v) is 3.64. The Kier molecular flexibility index (Phi) is 2.66. The van der Waals surface area contributed by atoms with E-state index in [2.05, 4.69) is 46.4 Å². The molecule has 0 radical (unpaired) electrons. The molecule has 0 bridgehead atoms. The van der Waals surface area contributed by atoms with Gasteiger partial charge in [-0.2, -0.15) is 0 Å². The Bertz CT molecular complexity index is 526. The van der Waals surface area contributed by atoms with Crippen molar-refractivity contribution >= 4 is 5.91 Å². The summed E-state index contributed by atoms with van der Waals surface area (Å²) in [7, 11) is 2.14. The van der Waals surface area contributed by atoms with Gasteiger partial charge in [-0.15, -0.1) is 0 Å². The van der Waals surface area contributed by atoms with Crippen molar-refractivity contribution in [1.82, 2.24) is 15.1 Å². The highest BCUT2D eigenvalue weighted by Gasteiger charge is 2.60. The number of nitrogens with zero attached hydrogens (tertiary/aromatic N) is 2. The Morgan fingerprint density at radius 3 is 2.60 bits per heavy atom. The minimum atomic E-state index is -0.234. The summed E-state index contributed by atoms with van der Waals surface area (Å²) in [6.45, 7) is 2.08. The molecule has 4 nitrogen and oxygen atoms in total. The van der Waals surface area contributed by atoms with Crippen LogP contribution in [0.2, 0.25) is 0 Å². The molecule has 1 N–H and O–H groups in total. The van der Waals surface area contributed by atoms with E-state index in [4.69, 9.17) is 0 Å². The number of likely N-dealkylation sites (tertiary alicyclic amines) is 1. The topological polar surface area (TPSA) is 35.6 Å². The van der Waals surface area contributed by atoms with E-state index in [1.165, 1.54) is 5.56 Å². The SMILES string of the molecule is CN1CCC(N2C(=O)C3(CC3)NC2c2ccccc2)C1. The van der Waals surface area contributed by atoms with Gasteiger partial charge in [-0.3, -0.25) is 10.1 Å². The number of hydrogen-bond donors (Lipinski definition) is 1. The summed E-state index contributed by atoms with van der Waals surface area (Å²) in [4.78, 5) is 17.3. The van der Waals surface area contributed by atoms with E-state index >= 15 is 0 Å². The van der Waals surface area contributed by atoms with Gasteiger partial charge in [-0.1, -0.05) is 30.3 Å². The molecule has 0 aromatic heterocycles. The number of carbonyl (C=O) groups excluding carboxylic acids is 1. The van der Waals surface area contributed by atoms with Gasteiger partial charge >= 0.3 is 0 Å². The Balaban J connectivity index is 1.67. The molecule has 2 saturated heterocycles. The van der Waals surface area contributed by atoms with Crippen molar-refractivity contribution in [2.75, 3.05) is 20.1 Å². The van der Waals surface area contributed by atoms with Gasteiger partial charge in [-0.25, -0.2) is 0 Å². The molecule has 3 fully saturated rings. The molecule has 4 heteroatoms. The summed E-state index contributed by atoms with van der Waals surface area (Å²) in [5, 5.41) is 3.61. The van der Waals surface area contributed by atoms with Gasteiger partial charge in [0.1, 0.15) is 11.7 Å². The van der Waals surface area contributed by atoms with E-state index in [0.29, 0.717) is 11.9 Å². The molecule has 1 saturated carbocycles. The van der Waals surface area contributed by atoms with Crippen LogP contribution >= 0.6 is 0 Å².